The predicted octanol–water partition coefficient (Wildman–Crippen LogP) is 0.629. The van der Waals surface area contributed by atoms with Gasteiger partial charge in [0.25, 0.3) is 5.91 Å². The van der Waals surface area contributed by atoms with E-state index in [0.29, 0.717) is 5.56 Å². The number of hydrogen-bond acceptors (Lipinski definition) is 5. The second-order valence-electron chi connectivity index (χ2n) is 6.82. The van der Waals surface area contributed by atoms with E-state index in [-0.39, 0.29) is 16.8 Å². The molecule has 1 atom stereocenters. The Kier molecular flexibility index (Phi) is 5.31. The second-order valence-corrected chi connectivity index (χ2v) is 8.98. The summed E-state index contributed by atoms with van der Waals surface area (Å²) in [6.07, 6.45) is 3.07. The van der Waals surface area contributed by atoms with Gasteiger partial charge in [-0.15, -0.1) is 0 Å². The molecule has 3 rings (SSSR count). The van der Waals surface area contributed by atoms with Crippen molar-refractivity contribution in [1.82, 2.24) is 14.9 Å². The quantitative estimate of drug-likeness (QED) is 0.799. The highest BCUT2D eigenvalue weighted by Crippen LogP contribution is 2.28. The highest BCUT2D eigenvalue weighted by Gasteiger charge is 2.26. The lowest BCUT2D eigenvalue weighted by atomic mass is 10.1. The van der Waals surface area contributed by atoms with Gasteiger partial charge in [-0.2, -0.15) is 0 Å². The number of sulfonamides is 1. The Balaban J connectivity index is 1.96. The Morgan fingerprint density at radius 2 is 2.00 bits per heavy atom. The summed E-state index contributed by atoms with van der Waals surface area (Å²) in [7, 11) is -0.591. The van der Waals surface area contributed by atoms with Gasteiger partial charge in [-0.3, -0.25) is 4.79 Å². The Labute approximate surface area is 149 Å². The van der Waals surface area contributed by atoms with Crippen LogP contribution in [0, 0.1) is 0 Å². The van der Waals surface area contributed by atoms with E-state index < -0.39 is 10.0 Å². The zero-order valence-electron chi connectivity index (χ0n) is 14.8. The van der Waals surface area contributed by atoms with Gasteiger partial charge < -0.3 is 15.5 Å². The molecule has 1 aromatic carbocycles. The zero-order chi connectivity index (χ0) is 18.0. The number of carbonyl (C=O) groups excluding carboxylic acids is 1. The van der Waals surface area contributed by atoms with Crippen LogP contribution in [0.3, 0.4) is 0 Å². The molecule has 0 spiro atoms. The topological polar surface area (TPSA) is 81.8 Å². The van der Waals surface area contributed by atoms with Crippen molar-refractivity contribution in [3.8, 4) is 0 Å². The molecule has 1 amide bonds. The summed E-state index contributed by atoms with van der Waals surface area (Å²) in [5, 5.41) is 6.25. The van der Waals surface area contributed by atoms with Crippen molar-refractivity contribution in [1.29, 1.82) is 0 Å². The molecule has 0 bridgehead atoms. The van der Waals surface area contributed by atoms with Crippen LogP contribution in [0.5, 0.6) is 0 Å². The molecule has 138 valence electrons. The molecule has 0 radical (unpaired) electrons. The number of anilines is 1. The molecule has 2 aliphatic rings. The molecule has 1 aromatic rings. The minimum absolute atomic E-state index is 0.0908. The number of nitrogens with zero attached hydrogens (tertiary/aromatic N) is 2. The minimum atomic E-state index is -3.58. The molecule has 0 aliphatic carbocycles. The van der Waals surface area contributed by atoms with Crippen LogP contribution in [0.1, 0.15) is 29.6 Å². The summed E-state index contributed by atoms with van der Waals surface area (Å²) in [6.45, 7) is 3.43. The maximum absolute atomic E-state index is 12.9. The molecule has 8 heteroatoms. The summed E-state index contributed by atoms with van der Waals surface area (Å²) in [5.41, 5.74) is 1.26. The number of amides is 1. The Hall–Kier alpha value is -1.64. The summed E-state index contributed by atoms with van der Waals surface area (Å²) < 4.78 is 26.1. The van der Waals surface area contributed by atoms with Crippen LogP contribution in [-0.2, 0) is 10.0 Å². The molecule has 2 fully saturated rings. The maximum atomic E-state index is 12.9. The first-order chi connectivity index (χ1) is 11.9. The predicted molar refractivity (Wildman–Crippen MR) is 97.5 cm³/mol. The zero-order valence-corrected chi connectivity index (χ0v) is 15.6. The Bertz CT molecular complexity index is 736. The van der Waals surface area contributed by atoms with Crippen molar-refractivity contribution in [2.75, 3.05) is 45.2 Å². The number of hydrogen-bond donors (Lipinski definition) is 2. The lowest BCUT2D eigenvalue weighted by Gasteiger charge is -2.23. The number of benzene rings is 1. The van der Waals surface area contributed by atoms with Crippen LogP contribution >= 0.6 is 0 Å². The van der Waals surface area contributed by atoms with Crippen LogP contribution in [0.15, 0.2) is 23.1 Å². The molecule has 2 heterocycles. The van der Waals surface area contributed by atoms with Gasteiger partial charge in [0.15, 0.2) is 0 Å². The van der Waals surface area contributed by atoms with E-state index in [2.05, 4.69) is 15.5 Å². The molecule has 7 nitrogen and oxygen atoms in total. The van der Waals surface area contributed by atoms with E-state index in [1.54, 1.807) is 12.1 Å². The van der Waals surface area contributed by atoms with Gasteiger partial charge in [0, 0.05) is 45.5 Å². The first kappa shape index (κ1) is 18.2. The lowest BCUT2D eigenvalue weighted by molar-refractivity contribution is 0.0940. The third kappa shape index (κ3) is 3.80. The smallest absolute Gasteiger partial charge is 0.253 e. The minimum Gasteiger partial charge on any atom is -0.371 e. The van der Waals surface area contributed by atoms with E-state index in [0.717, 1.165) is 51.1 Å². The number of nitrogens with one attached hydrogen (secondary N) is 2. The SMILES string of the molecule is CN(C)S(=O)(=O)c1ccc(N2CCCC2)c(C(=O)NC2CCNC2)c1. The van der Waals surface area contributed by atoms with Crippen LogP contribution in [-0.4, -0.2) is 64.9 Å². The largest absolute Gasteiger partial charge is 0.371 e. The van der Waals surface area contributed by atoms with Crippen LogP contribution in [0.25, 0.3) is 0 Å². The molecule has 0 saturated carbocycles. The van der Waals surface area contributed by atoms with Gasteiger partial charge in [-0.05, 0) is 44.0 Å². The van der Waals surface area contributed by atoms with E-state index in [9.17, 15) is 13.2 Å². The monoisotopic (exact) mass is 366 g/mol. The highest BCUT2D eigenvalue weighted by molar-refractivity contribution is 7.89. The summed E-state index contributed by atoms with van der Waals surface area (Å²) >= 11 is 0. The molecule has 2 aliphatic heterocycles. The third-order valence-electron chi connectivity index (χ3n) is 4.83. The van der Waals surface area contributed by atoms with Crippen molar-refractivity contribution in [2.45, 2.75) is 30.2 Å². The molecule has 0 aromatic heterocycles. The van der Waals surface area contributed by atoms with Gasteiger partial charge in [-0.1, -0.05) is 0 Å². The molecule has 25 heavy (non-hydrogen) atoms. The van der Waals surface area contributed by atoms with Crippen LogP contribution in [0.4, 0.5) is 5.69 Å². The molecule has 2 saturated heterocycles. The van der Waals surface area contributed by atoms with Gasteiger partial charge in [0.2, 0.25) is 10.0 Å². The van der Waals surface area contributed by atoms with E-state index in [1.807, 2.05) is 0 Å². The lowest BCUT2D eigenvalue weighted by Crippen LogP contribution is -2.37. The van der Waals surface area contributed by atoms with Gasteiger partial charge in [0.1, 0.15) is 0 Å². The summed E-state index contributed by atoms with van der Waals surface area (Å²) in [6, 6.07) is 4.97. The van der Waals surface area contributed by atoms with Crippen molar-refractivity contribution in [2.24, 2.45) is 0 Å². The molecular weight excluding hydrogens is 340 g/mol. The van der Waals surface area contributed by atoms with E-state index >= 15 is 0 Å². The highest BCUT2D eigenvalue weighted by atomic mass is 32.2. The van der Waals surface area contributed by atoms with Crippen molar-refractivity contribution >= 4 is 21.6 Å². The van der Waals surface area contributed by atoms with Crippen molar-refractivity contribution < 1.29 is 13.2 Å². The Morgan fingerprint density at radius 3 is 2.60 bits per heavy atom. The van der Waals surface area contributed by atoms with Crippen LogP contribution in [0.2, 0.25) is 0 Å². The van der Waals surface area contributed by atoms with E-state index in [4.69, 9.17) is 0 Å². The standard InChI is InChI=1S/C17H26N4O3S/c1-20(2)25(23,24)14-5-6-16(21-9-3-4-10-21)15(11-14)17(22)19-13-7-8-18-12-13/h5-6,11,13,18H,3-4,7-10,12H2,1-2H3,(H,19,22). The van der Waals surface area contributed by atoms with E-state index in [1.165, 1.54) is 24.5 Å². The number of carbonyl (C=O) groups is 1. The normalized spacial score (nSPS) is 21.1. The average Bonchev–Trinajstić information content (AvgIpc) is 3.27. The fraction of sp³-hybridized carbons (Fsp3) is 0.588. The van der Waals surface area contributed by atoms with Crippen LogP contribution < -0.4 is 15.5 Å². The first-order valence-corrected chi connectivity index (χ1v) is 10.2. The summed E-state index contributed by atoms with van der Waals surface area (Å²) in [5.74, 6) is -0.202. The van der Waals surface area contributed by atoms with Gasteiger partial charge in [-0.25, -0.2) is 12.7 Å². The fourth-order valence-corrected chi connectivity index (χ4v) is 4.27. The van der Waals surface area contributed by atoms with Gasteiger partial charge in [0.05, 0.1) is 10.5 Å². The third-order valence-corrected chi connectivity index (χ3v) is 6.64. The average molecular weight is 366 g/mol. The summed E-state index contributed by atoms with van der Waals surface area (Å²) in [4.78, 5) is 15.2. The maximum Gasteiger partial charge on any atom is 0.253 e. The molecule has 2 N–H and O–H groups in total. The van der Waals surface area contributed by atoms with Crippen molar-refractivity contribution in [3.63, 3.8) is 0 Å². The number of rotatable bonds is 5. The molecular formula is C17H26N4O3S. The molecule has 1 unspecified atom stereocenters. The second kappa shape index (κ2) is 7.31. The fourth-order valence-electron chi connectivity index (χ4n) is 3.34. The Morgan fingerprint density at radius 1 is 1.28 bits per heavy atom. The van der Waals surface area contributed by atoms with Crippen molar-refractivity contribution in [3.05, 3.63) is 23.8 Å². The first-order valence-electron chi connectivity index (χ1n) is 8.72. The van der Waals surface area contributed by atoms with Gasteiger partial charge >= 0.3 is 0 Å².